The van der Waals surface area contributed by atoms with Gasteiger partial charge >= 0.3 is 5.97 Å². The van der Waals surface area contributed by atoms with E-state index >= 15 is 0 Å². The number of benzene rings is 1. The van der Waals surface area contributed by atoms with Crippen molar-refractivity contribution < 1.29 is 18.3 Å². The van der Waals surface area contributed by atoms with Gasteiger partial charge in [-0.15, -0.1) is 0 Å². The molecule has 0 heterocycles. The number of hydrogen-bond donors (Lipinski definition) is 3. The molecule has 1 aliphatic carbocycles. The number of carboxylic acid groups (broad SMARTS) is 1. The van der Waals surface area contributed by atoms with Gasteiger partial charge in [0.05, 0.1) is 17.0 Å². The van der Waals surface area contributed by atoms with Gasteiger partial charge in [0.1, 0.15) is 0 Å². The summed E-state index contributed by atoms with van der Waals surface area (Å²) >= 11 is 0. The smallest absolute Gasteiger partial charge is 0.337 e. The number of nitrogen functional groups attached to an aromatic ring is 1. The van der Waals surface area contributed by atoms with Crippen molar-refractivity contribution in [2.45, 2.75) is 12.8 Å². The van der Waals surface area contributed by atoms with E-state index in [9.17, 15) is 13.2 Å². The number of carboxylic acids is 1. The molecule has 98 valence electrons. The third-order valence-corrected chi connectivity index (χ3v) is 4.13. The maximum absolute atomic E-state index is 11.8. The number of anilines is 2. The van der Waals surface area contributed by atoms with Gasteiger partial charge in [-0.2, -0.15) is 0 Å². The molecule has 1 aromatic rings. The number of hydrogen-bond acceptors (Lipinski definition) is 4. The standard InChI is InChI=1S/C11H14N2O4S/c12-8-3-4-9(11(14)15)10(5-8)13-18(16,17)6-7-1-2-7/h3-5,7,13H,1-2,6,12H2,(H,14,15). The summed E-state index contributed by atoms with van der Waals surface area (Å²) in [6, 6.07) is 4.02. The summed E-state index contributed by atoms with van der Waals surface area (Å²) in [5.41, 5.74) is 5.75. The van der Waals surface area contributed by atoms with Crippen LogP contribution in [0.25, 0.3) is 0 Å². The molecule has 7 heteroatoms. The van der Waals surface area contributed by atoms with Gasteiger partial charge in [-0.3, -0.25) is 4.72 Å². The highest BCUT2D eigenvalue weighted by Gasteiger charge is 2.28. The topological polar surface area (TPSA) is 109 Å². The van der Waals surface area contributed by atoms with Crippen LogP contribution in [0.3, 0.4) is 0 Å². The molecule has 1 fully saturated rings. The van der Waals surface area contributed by atoms with Gasteiger partial charge in [-0.05, 0) is 37.0 Å². The fourth-order valence-corrected chi connectivity index (χ4v) is 3.18. The highest BCUT2D eigenvalue weighted by molar-refractivity contribution is 7.92. The van der Waals surface area contributed by atoms with Gasteiger partial charge in [0.2, 0.25) is 10.0 Å². The highest BCUT2D eigenvalue weighted by Crippen LogP contribution is 2.31. The summed E-state index contributed by atoms with van der Waals surface area (Å²) in [5, 5.41) is 8.97. The summed E-state index contributed by atoms with van der Waals surface area (Å²) in [7, 11) is -3.51. The normalized spacial score (nSPS) is 15.3. The van der Waals surface area contributed by atoms with Crippen molar-refractivity contribution in [2.24, 2.45) is 5.92 Å². The molecule has 1 aromatic carbocycles. The third kappa shape index (κ3) is 3.13. The van der Waals surface area contributed by atoms with Crippen molar-refractivity contribution in [1.82, 2.24) is 0 Å². The number of nitrogens with two attached hydrogens (primary N) is 1. The van der Waals surface area contributed by atoms with Gasteiger partial charge < -0.3 is 10.8 Å². The van der Waals surface area contributed by atoms with Crippen molar-refractivity contribution in [1.29, 1.82) is 0 Å². The van der Waals surface area contributed by atoms with Crippen molar-refractivity contribution in [2.75, 3.05) is 16.2 Å². The van der Waals surface area contributed by atoms with Crippen LogP contribution < -0.4 is 10.5 Å². The van der Waals surface area contributed by atoms with Gasteiger partial charge in [0, 0.05) is 5.69 Å². The van der Waals surface area contributed by atoms with E-state index in [-0.39, 0.29) is 22.9 Å². The SMILES string of the molecule is Nc1ccc(C(=O)O)c(NS(=O)(=O)CC2CC2)c1. The Kier molecular flexibility index (Phi) is 3.16. The Labute approximate surface area is 105 Å². The average Bonchev–Trinajstić information content (AvgIpc) is 2.99. The lowest BCUT2D eigenvalue weighted by Gasteiger charge is -2.10. The van der Waals surface area contributed by atoms with Crippen LogP contribution in [0.5, 0.6) is 0 Å². The highest BCUT2D eigenvalue weighted by atomic mass is 32.2. The number of nitrogens with one attached hydrogen (secondary N) is 1. The minimum Gasteiger partial charge on any atom is -0.478 e. The lowest BCUT2D eigenvalue weighted by Crippen LogP contribution is -2.19. The fraction of sp³-hybridized carbons (Fsp3) is 0.364. The molecule has 2 rings (SSSR count). The third-order valence-electron chi connectivity index (χ3n) is 2.69. The first-order valence-electron chi connectivity index (χ1n) is 5.51. The minimum atomic E-state index is -3.51. The average molecular weight is 270 g/mol. The molecule has 18 heavy (non-hydrogen) atoms. The number of sulfonamides is 1. The Bertz CT molecular complexity index is 579. The molecule has 0 radical (unpaired) electrons. The van der Waals surface area contributed by atoms with Gasteiger partial charge in [-0.1, -0.05) is 0 Å². The van der Waals surface area contributed by atoms with Crippen LogP contribution in [0, 0.1) is 5.92 Å². The lowest BCUT2D eigenvalue weighted by molar-refractivity contribution is 0.0698. The molecule has 1 saturated carbocycles. The largest absolute Gasteiger partial charge is 0.478 e. The Morgan fingerprint density at radius 3 is 2.67 bits per heavy atom. The van der Waals surface area contributed by atoms with Crippen molar-refractivity contribution in [3.8, 4) is 0 Å². The molecule has 0 spiro atoms. The molecule has 0 aliphatic heterocycles. The second-order valence-electron chi connectivity index (χ2n) is 4.44. The van der Waals surface area contributed by atoms with Crippen LogP contribution >= 0.6 is 0 Å². The maximum atomic E-state index is 11.8. The molecule has 6 nitrogen and oxygen atoms in total. The van der Waals surface area contributed by atoms with Gasteiger partial charge in [0.25, 0.3) is 0 Å². The molecular weight excluding hydrogens is 256 g/mol. The van der Waals surface area contributed by atoms with E-state index < -0.39 is 16.0 Å². The Hall–Kier alpha value is -1.76. The first-order valence-corrected chi connectivity index (χ1v) is 7.16. The summed E-state index contributed by atoms with van der Waals surface area (Å²) in [6.07, 6.45) is 1.81. The van der Waals surface area contributed by atoms with E-state index in [1.807, 2.05) is 0 Å². The second-order valence-corrected chi connectivity index (χ2v) is 6.20. The molecule has 0 saturated heterocycles. The van der Waals surface area contributed by atoms with E-state index in [0.29, 0.717) is 5.69 Å². The molecule has 0 aromatic heterocycles. The minimum absolute atomic E-state index is 0.0168. The van der Waals surface area contributed by atoms with Crippen LogP contribution in [0.15, 0.2) is 18.2 Å². The summed E-state index contributed by atoms with van der Waals surface area (Å²) in [5.74, 6) is -0.975. The van der Waals surface area contributed by atoms with Crippen LogP contribution in [-0.4, -0.2) is 25.2 Å². The Morgan fingerprint density at radius 1 is 1.44 bits per heavy atom. The zero-order valence-corrected chi connectivity index (χ0v) is 10.4. The molecule has 4 N–H and O–H groups in total. The molecule has 0 bridgehead atoms. The van der Waals surface area contributed by atoms with Crippen molar-refractivity contribution in [3.63, 3.8) is 0 Å². The molecule has 0 atom stereocenters. The quantitative estimate of drug-likeness (QED) is 0.694. The van der Waals surface area contributed by atoms with Crippen molar-refractivity contribution in [3.05, 3.63) is 23.8 Å². The van der Waals surface area contributed by atoms with Gasteiger partial charge in [-0.25, -0.2) is 13.2 Å². The zero-order chi connectivity index (χ0) is 13.3. The monoisotopic (exact) mass is 270 g/mol. The van der Waals surface area contributed by atoms with Crippen LogP contribution in [0.1, 0.15) is 23.2 Å². The van der Waals surface area contributed by atoms with Crippen LogP contribution in [0.2, 0.25) is 0 Å². The lowest BCUT2D eigenvalue weighted by atomic mass is 10.1. The van der Waals surface area contributed by atoms with E-state index in [1.54, 1.807) is 0 Å². The molecule has 0 unspecified atom stereocenters. The number of aromatic carboxylic acids is 1. The van der Waals surface area contributed by atoms with E-state index in [0.717, 1.165) is 12.8 Å². The predicted molar refractivity (Wildman–Crippen MR) is 67.9 cm³/mol. The Balaban J connectivity index is 2.26. The summed E-state index contributed by atoms with van der Waals surface area (Å²) in [4.78, 5) is 11.0. The van der Waals surface area contributed by atoms with Crippen molar-refractivity contribution >= 4 is 27.4 Å². The Morgan fingerprint density at radius 2 is 2.11 bits per heavy atom. The first-order chi connectivity index (χ1) is 8.37. The molecule has 1 aliphatic rings. The predicted octanol–water partition coefficient (Wildman–Crippen LogP) is 1.12. The molecule has 0 amide bonds. The number of carbonyl (C=O) groups is 1. The van der Waals surface area contributed by atoms with E-state index in [2.05, 4.69) is 4.72 Å². The van der Waals surface area contributed by atoms with Gasteiger partial charge in [0.15, 0.2) is 0 Å². The summed E-state index contributed by atoms with van der Waals surface area (Å²) in [6.45, 7) is 0. The first kappa shape index (κ1) is 12.7. The zero-order valence-electron chi connectivity index (χ0n) is 9.59. The molecular formula is C11H14N2O4S. The van der Waals surface area contributed by atoms with E-state index in [1.165, 1.54) is 18.2 Å². The van der Waals surface area contributed by atoms with Crippen LogP contribution in [-0.2, 0) is 10.0 Å². The van der Waals surface area contributed by atoms with E-state index in [4.69, 9.17) is 10.8 Å². The number of rotatable bonds is 5. The summed E-state index contributed by atoms with van der Waals surface area (Å²) < 4.78 is 25.9. The maximum Gasteiger partial charge on any atom is 0.337 e. The second kappa shape index (κ2) is 4.49. The fourth-order valence-electron chi connectivity index (χ4n) is 1.64. The van der Waals surface area contributed by atoms with Crippen LogP contribution in [0.4, 0.5) is 11.4 Å².